The van der Waals surface area contributed by atoms with Crippen LogP contribution in [0.25, 0.3) is 0 Å². The van der Waals surface area contributed by atoms with Crippen LogP contribution in [0.5, 0.6) is 5.75 Å². The summed E-state index contributed by atoms with van der Waals surface area (Å²) in [4.78, 5) is 14.4. The van der Waals surface area contributed by atoms with E-state index < -0.39 is 46.6 Å². The minimum atomic E-state index is -5.29. The molecule has 0 fully saturated rings. The van der Waals surface area contributed by atoms with Crippen molar-refractivity contribution in [2.75, 3.05) is 13.2 Å². The maximum atomic E-state index is 13.1. The molecule has 0 aliphatic rings. The maximum absolute atomic E-state index is 13.1. The molecule has 0 unspecified atom stereocenters. The molecule has 0 amide bonds. The average molecular weight is 345 g/mol. The zero-order valence-electron chi connectivity index (χ0n) is 12.4. The van der Waals surface area contributed by atoms with E-state index in [-0.39, 0.29) is 13.2 Å². The van der Waals surface area contributed by atoms with E-state index in [1.807, 2.05) is 0 Å². The van der Waals surface area contributed by atoms with Gasteiger partial charge in [-0.05, 0) is 20.8 Å². The first-order chi connectivity index (χ1) is 10.4. The van der Waals surface area contributed by atoms with Crippen molar-refractivity contribution in [2.24, 2.45) is 0 Å². The molecule has 130 valence electrons. The number of esters is 1. The number of hydrogen-bond donors (Lipinski definition) is 0. The molecule has 1 aromatic heterocycles. The third-order valence-electron chi connectivity index (χ3n) is 2.69. The molecular weight excluding hydrogens is 332 g/mol. The second kappa shape index (κ2) is 6.63. The molecule has 0 aliphatic carbocycles. The van der Waals surface area contributed by atoms with Gasteiger partial charge in [-0.3, -0.25) is 0 Å². The summed E-state index contributed by atoms with van der Waals surface area (Å²) in [6.45, 7) is 3.07. The quantitative estimate of drug-likeness (QED) is 0.611. The predicted octanol–water partition coefficient (Wildman–Crippen LogP) is 4.00. The highest BCUT2D eigenvalue weighted by molar-refractivity contribution is 5.94. The summed E-state index contributed by atoms with van der Waals surface area (Å²) in [7, 11) is 0. The average Bonchev–Trinajstić information content (AvgIpc) is 2.38. The van der Waals surface area contributed by atoms with Crippen LogP contribution in [0.4, 0.5) is 26.3 Å². The van der Waals surface area contributed by atoms with E-state index in [1.165, 1.54) is 13.8 Å². The van der Waals surface area contributed by atoms with Gasteiger partial charge in [-0.2, -0.15) is 26.3 Å². The Kier molecular flexibility index (Phi) is 5.49. The Hall–Kier alpha value is -2.00. The van der Waals surface area contributed by atoms with E-state index in [2.05, 4.69) is 9.72 Å². The summed E-state index contributed by atoms with van der Waals surface area (Å²) in [6, 6.07) is 0. The molecule has 0 saturated heterocycles. The van der Waals surface area contributed by atoms with Crippen molar-refractivity contribution in [2.45, 2.75) is 33.1 Å². The zero-order chi connectivity index (χ0) is 18.0. The molecule has 1 heterocycles. The summed E-state index contributed by atoms with van der Waals surface area (Å²) in [5, 5.41) is 0. The number of carbonyl (C=O) groups is 1. The van der Waals surface area contributed by atoms with E-state index in [0.29, 0.717) is 0 Å². The maximum Gasteiger partial charge on any atom is 0.434 e. The molecule has 23 heavy (non-hydrogen) atoms. The Morgan fingerprint density at radius 3 is 1.91 bits per heavy atom. The topological polar surface area (TPSA) is 48.4 Å². The third-order valence-corrected chi connectivity index (χ3v) is 2.69. The van der Waals surface area contributed by atoms with E-state index in [9.17, 15) is 31.1 Å². The first-order valence-corrected chi connectivity index (χ1v) is 6.44. The lowest BCUT2D eigenvalue weighted by atomic mass is 10.0. The Balaban J connectivity index is 3.83. The van der Waals surface area contributed by atoms with Crippen molar-refractivity contribution < 1.29 is 40.6 Å². The Bertz CT molecular complexity index is 595. The summed E-state index contributed by atoms with van der Waals surface area (Å²) in [5.41, 5.74) is -5.62. The lowest BCUT2D eigenvalue weighted by molar-refractivity contribution is -0.151. The molecule has 0 atom stereocenters. The molecule has 0 aliphatic heterocycles. The Morgan fingerprint density at radius 1 is 1.00 bits per heavy atom. The van der Waals surface area contributed by atoms with Crippen molar-refractivity contribution in [1.82, 2.24) is 4.98 Å². The van der Waals surface area contributed by atoms with Gasteiger partial charge in [0.25, 0.3) is 0 Å². The number of nitrogens with zero attached hydrogens (tertiary/aromatic N) is 1. The largest absolute Gasteiger partial charge is 0.493 e. The molecule has 0 aromatic carbocycles. The van der Waals surface area contributed by atoms with E-state index in [1.54, 1.807) is 0 Å². The standard InChI is InChI=1S/C13H13F6NO3/c1-4-22-8-6(3)9(12(14,15)16)20-10(13(17,18)19)7(8)11(21)23-5-2/h4-5H2,1-3H3. The van der Waals surface area contributed by atoms with Crippen LogP contribution in [-0.4, -0.2) is 24.2 Å². The van der Waals surface area contributed by atoms with Crippen LogP contribution in [0.2, 0.25) is 0 Å². The molecule has 1 rings (SSSR count). The number of pyridine rings is 1. The summed E-state index contributed by atoms with van der Waals surface area (Å²) < 4.78 is 87.3. The highest BCUT2D eigenvalue weighted by atomic mass is 19.4. The number of alkyl halides is 6. The van der Waals surface area contributed by atoms with Crippen LogP contribution in [-0.2, 0) is 17.1 Å². The normalized spacial score (nSPS) is 12.2. The van der Waals surface area contributed by atoms with Crippen molar-refractivity contribution in [3.63, 3.8) is 0 Å². The second-order valence-corrected chi connectivity index (χ2v) is 4.29. The van der Waals surface area contributed by atoms with E-state index in [4.69, 9.17) is 4.74 Å². The number of carbonyl (C=O) groups excluding carboxylic acids is 1. The minimum absolute atomic E-state index is 0.244. The SMILES string of the molecule is CCOC(=O)c1c(C(F)(F)F)nc(C(F)(F)F)c(C)c1OCC. The minimum Gasteiger partial charge on any atom is -0.493 e. The van der Waals surface area contributed by atoms with Crippen LogP contribution in [0.15, 0.2) is 0 Å². The fourth-order valence-corrected chi connectivity index (χ4v) is 1.85. The van der Waals surface area contributed by atoms with Crippen LogP contribution < -0.4 is 4.74 Å². The fourth-order valence-electron chi connectivity index (χ4n) is 1.85. The van der Waals surface area contributed by atoms with Crippen LogP contribution >= 0.6 is 0 Å². The highest BCUT2D eigenvalue weighted by Crippen LogP contribution is 2.42. The molecule has 4 nitrogen and oxygen atoms in total. The molecule has 1 aromatic rings. The van der Waals surface area contributed by atoms with Gasteiger partial charge in [0, 0.05) is 5.56 Å². The number of rotatable bonds is 4. The van der Waals surface area contributed by atoms with E-state index >= 15 is 0 Å². The lowest BCUT2D eigenvalue weighted by Crippen LogP contribution is -2.24. The lowest BCUT2D eigenvalue weighted by Gasteiger charge is -2.20. The molecule has 0 spiro atoms. The monoisotopic (exact) mass is 345 g/mol. The first kappa shape index (κ1) is 19.0. The van der Waals surface area contributed by atoms with Crippen molar-refractivity contribution >= 4 is 5.97 Å². The van der Waals surface area contributed by atoms with Crippen molar-refractivity contribution in [3.05, 3.63) is 22.5 Å². The Morgan fingerprint density at radius 2 is 1.52 bits per heavy atom. The van der Waals surface area contributed by atoms with Gasteiger partial charge in [-0.1, -0.05) is 0 Å². The van der Waals surface area contributed by atoms with Gasteiger partial charge < -0.3 is 9.47 Å². The molecule has 10 heteroatoms. The molecular formula is C13H13F6NO3. The summed E-state index contributed by atoms with van der Waals surface area (Å²) in [5.74, 6) is -2.28. The van der Waals surface area contributed by atoms with Gasteiger partial charge in [-0.25, -0.2) is 9.78 Å². The smallest absolute Gasteiger partial charge is 0.434 e. The summed E-state index contributed by atoms with van der Waals surface area (Å²) in [6.07, 6.45) is -10.4. The highest BCUT2D eigenvalue weighted by Gasteiger charge is 2.45. The van der Waals surface area contributed by atoms with Gasteiger partial charge in [0.15, 0.2) is 11.4 Å². The second-order valence-electron chi connectivity index (χ2n) is 4.29. The molecule has 0 bridgehead atoms. The molecule has 0 N–H and O–H groups in total. The van der Waals surface area contributed by atoms with Crippen LogP contribution in [0, 0.1) is 6.92 Å². The van der Waals surface area contributed by atoms with Gasteiger partial charge in [-0.15, -0.1) is 0 Å². The van der Waals surface area contributed by atoms with Crippen LogP contribution in [0.1, 0.15) is 41.2 Å². The third kappa shape index (κ3) is 4.05. The summed E-state index contributed by atoms with van der Waals surface area (Å²) >= 11 is 0. The molecule has 0 radical (unpaired) electrons. The number of halogens is 6. The Labute approximate surface area is 127 Å². The van der Waals surface area contributed by atoms with Gasteiger partial charge in [0.05, 0.1) is 13.2 Å². The zero-order valence-corrected chi connectivity index (χ0v) is 12.4. The predicted molar refractivity (Wildman–Crippen MR) is 66.1 cm³/mol. The van der Waals surface area contributed by atoms with Gasteiger partial charge in [0.2, 0.25) is 0 Å². The van der Waals surface area contributed by atoms with Gasteiger partial charge in [0.1, 0.15) is 11.3 Å². The molecule has 0 saturated carbocycles. The number of ether oxygens (including phenoxy) is 2. The van der Waals surface area contributed by atoms with Crippen molar-refractivity contribution in [3.8, 4) is 5.75 Å². The number of aromatic nitrogens is 1. The van der Waals surface area contributed by atoms with Crippen molar-refractivity contribution in [1.29, 1.82) is 0 Å². The number of hydrogen-bond acceptors (Lipinski definition) is 4. The van der Waals surface area contributed by atoms with Crippen LogP contribution in [0.3, 0.4) is 0 Å². The van der Waals surface area contributed by atoms with Gasteiger partial charge >= 0.3 is 18.3 Å². The first-order valence-electron chi connectivity index (χ1n) is 6.44. The fraction of sp³-hybridized carbons (Fsp3) is 0.538. The van der Waals surface area contributed by atoms with E-state index in [0.717, 1.165) is 6.92 Å².